The summed E-state index contributed by atoms with van der Waals surface area (Å²) in [6.07, 6.45) is 0. The normalized spacial score (nSPS) is 11.1. The molecule has 8 nitrogen and oxygen atoms in total. The topological polar surface area (TPSA) is 136 Å². The molecule has 0 spiro atoms. The highest BCUT2D eigenvalue weighted by Gasteiger charge is 2.12. The predicted molar refractivity (Wildman–Crippen MR) is 95.5 cm³/mol. The van der Waals surface area contributed by atoms with Gasteiger partial charge in [-0.1, -0.05) is 0 Å². The van der Waals surface area contributed by atoms with Gasteiger partial charge in [0.2, 0.25) is 0 Å². The van der Waals surface area contributed by atoms with Gasteiger partial charge in [-0.05, 0) is 55.5 Å². The van der Waals surface area contributed by atoms with Gasteiger partial charge in [0.25, 0.3) is 5.56 Å². The van der Waals surface area contributed by atoms with Crippen molar-refractivity contribution in [3.63, 3.8) is 0 Å². The van der Waals surface area contributed by atoms with Crippen molar-refractivity contribution in [1.29, 1.82) is 5.41 Å². The molecule has 0 aliphatic heterocycles. The van der Waals surface area contributed by atoms with Gasteiger partial charge in [-0.15, -0.1) is 5.11 Å². The first kappa shape index (κ1) is 16.2. The minimum atomic E-state index is -0.320. The van der Waals surface area contributed by atoms with E-state index in [4.69, 9.17) is 16.9 Å². The Bertz CT molecular complexity index is 995. The summed E-state index contributed by atoms with van der Waals surface area (Å²) in [6.45, 7) is 1.74. The lowest BCUT2D eigenvalue weighted by molar-refractivity contribution is 0.835. The Kier molecular flexibility index (Phi) is 4.17. The standard InChI is InChI=1S/C17H16N7O/c1-10-15(22-21-13-6-2-11(3-7-13)16(19)20)17(25)24(23-10)14-8-4-12(18)5-9-14/h2-9,18,23H,1H3,(H3,19,20)/b22-21+. The molecule has 0 saturated heterocycles. The van der Waals surface area contributed by atoms with Gasteiger partial charge >= 0.3 is 0 Å². The molecule has 0 atom stereocenters. The Labute approximate surface area is 143 Å². The van der Waals surface area contributed by atoms with E-state index in [1.54, 1.807) is 55.5 Å². The highest BCUT2D eigenvalue weighted by atomic mass is 16.1. The molecule has 0 aliphatic rings. The van der Waals surface area contributed by atoms with Crippen molar-refractivity contribution >= 4 is 22.9 Å². The molecule has 1 radical (unpaired) electrons. The average molecular weight is 334 g/mol. The van der Waals surface area contributed by atoms with E-state index in [0.29, 0.717) is 28.3 Å². The number of aryl methyl sites for hydroxylation is 1. The molecule has 25 heavy (non-hydrogen) atoms. The first-order chi connectivity index (χ1) is 12.0. The molecule has 1 heterocycles. The van der Waals surface area contributed by atoms with Crippen LogP contribution >= 0.6 is 0 Å². The molecule has 5 N–H and O–H groups in total. The fourth-order valence-electron chi connectivity index (χ4n) is 2.26. The SMILES string of the molecule is Cc1[nH]n(-c2ccc([NH])cc2)c(=O)c1/N=N/c1ccc(C(=N)N)cc1. The van der Waals surface area contributed by atoms with Gasteiger partial charge in [-0.25, -0.2) is 4.68 Å². The van der Waals surface area contributed by atoms with Crippen LogP contribution in [0.3, 0.4) is 0 Å². The average Bonchev–Trinajstić information content (AvgIpc) is 2.88. The smallest absolute Gasteiger partial charge is 0.299 e. The summed E-state index contributed by atoms with van der Waals surface area (Å²) >= 11 is 0. The Balaban J connectivity index is 1.91. The molecule has 125 valence electrons. The van der Waals surface area contributed by atoms with Crippen LogP contribution in [0.25, 0.3) is 5.69 Å². The molecule has 0 aliphatic carbocycles. The fraction of sp³-hybridized carbons (Fsp3) is 0.0588. The van der Waals surface area contributed by atoms with E-state index in [1.165, 1.54) is 4.68 Å². The third-order valence-corrected chi connectivity index (χ3v) is 3.61. The van der Waals surface area contributed by atoms with Crippen LogP contribution in [0, 0.1) is 12.3 Å². The quantitative estimate of drug-likeness (QED) is 0.384. The maximum atomic E-state index is 12.5. The van der Waals surface area contributed by atoms with Crippen LogP contribution < -0.4 is 17.0 Å². The number of nitrogens with two attached hydrogens (primary N) is 1. The monoisotopic (exact) mass is 334 g/mol. The molecule has 3 rings (SSSR count). The number of azo groups is 1. The summed E-state index contributed by atoms with van der Waals surface area (Å²) in [7, 11) is 0. The van der Waals surface area contributed by atoms with Gasteiger partial charge in [0.1, 0.15) is 5.84 Å². The summed E-state index contributed by atoms with van der Waals surface area (Å²) in [6, 6.07) is 13.3. The Hall–Kier alpha value is -3.68. The van der Waals surface area contributed by atoms with E-state index in [9.17, 15) is 4.79 Å². The summed E-state index contributed by atoms with van der Waals surface area (Å²) in [4.78, 5) is 12.5. The summed E-state index contributed by atoms with van der Waals surface area (Å²) in [5.41, 5.74) is 15.5. The summed E-state index contributed by atoms with van der Waals surface area (Å²) in [5, 5.41) is 18.4. The number of amidine groups is 1. The molecule has 0 bridgehead atoms. The lowest BCUT2D eigenvalue weighted by Crippen LogP contribution is -2.13. The molecule has 8 heteroatoms. The number of benzene rings is 2. The number of nitrogens with zero attached hydrogens (tertiary/aromatic N) is 3. The van der Waals surface area contributed by atoms with E-state index in [1.807, 2.05) is 0 Å². The second-order valence-corrected chi connectivity index (χ2v) is 5.43. The fourth-order valence-corrected chi connectivity index (χ4v) is 2.26. The third-order valence-electron chi connectivity index (χ3n) is 3.61. The van der Waals surface area contributed by atoms with Crippen LogP contribution in [0.4, 0.5) is 17.1 Å². The lowest BCUT2D eigenvalue weighted by atomic mass is 10.2. The van der Waals surface area contributed by atoms with Crippen molar-refractivity contribution < 1.29 is 0 Å². The highest BCUT2D eigenvalue weighted by Crippen LogP contribution is 2.19. The number of hydrogen-bond donors (Lipinski definition) is 3. The van der Waals surface area contributed by atoms with Gasteiger partial charge in [-0.3, -0.25) is 15.3 Å². The molecule has 1 aromatic heterocycles. The van der Waals surface area contributed by atoms with Crippen molar-refractivity contribution in [2.45, 2.75) is 6.92 Å². The van der Waals surface area contributed by atoms with Crippen molar-refractivity contribution in [3.8, 4) is 5.69 Å². The van der Waals surface area contributed by atoms with E-state index < -0.39 is 0 Å². The summed E-state index contributed by atoms with van der Waals surface area (Å²) < 4.78 is 1.36. The second-order valence-electron chi connectivity index (χ2n) is 5.43. The lowest BCUT2D eigenvalue weighted by Gasteiger charge is -2.00. The molecular weight excluding hydrogens is 318 g/mol. The minimum Gasteiger partial charge on any atom is -0.384 e. The number of aromatic amines is 1. The van der Waals surface area contributed by atoms with Gasteiger partial charge < -0.3 is 11.5 Å². The number of nitrogen functional groups attached to an aromatic ring is 1. The van der Waals surface area contributed by atoms with Crippen molar-refractivity contribution in [1.82, 2.24) is 15.5 Å². The van der Waals surface area contributed by atoms with Gasteiger partial charge in [-0.2, -0.15) is 5.11 Å². The van der Waals surface area contributed by atoms with Crippen molar-refractivity contribution in [3.05, 3.63) is 70.1 Å². The van der Waals surface area contributed by atoms with E-state index in [-0.39, 0.29) is 17.1 Å². The van der Waals surface area contributed by atoms with Crippen LogP contribution in [0.5, 0.6) is 0 Å². The molecule has 0 amide bonds. The molecule has 0 fully saturated rings. The number of aromatic nitrogens is 2. The molecule has 3 aromatic rings. The first-order valence-corrected chi connectivity index (χ1v) is 7.45. The van der Waals surface area contributed by atoms with Gasteiger partial charge in [0.15, 0.2) is 5.69 Å². The first-order valence-electron chi connectivity index (χ1n) is 7.45. The zero-order valence-corrected chi connectivity index (χ0v) is 13.4. The van der Waals surface area contributed by atoms with Crippen LogP contribution in [0.15, 0.2) is 63.6 Å². The largest absolute Gasteiger partial charge is 0.384 e. The predicted octanol–water partition coefficient (Wildman–Crippen LogP) is 3.09. The van der Waals surface area contributed by atoms with E-state index >= 15 is 0 Å². The number of hydrogen-bond acceptors (Lipinski definition) is 4. The zero-order chi connectivity index (χ0) is 18.0. The Morgan fingerprint density at radius 1 is 1.08 bits per heavy atom. The van der Waals surface area contributed by atoms with Gasteiger partial charge in [0, 0.05) is 5.56 Å². The van der Waals surface area contributed by atoms with Crippen LogP contribution in [-0.2, 0) is 0 Å². The molecule has 2 aromatic carbocycles. The number of H-pyrrole nitrogens is 1. The van der Waals surface area contributed by atoms with E-state index in [0.717, 1.165) is 0 Å². The molecule has 0 unspecified atom stereocenters. The number of nitrogens with one attached hydrogen (secondary N) is 3. The minimum absolute atomic E-state index is 0.0217. The second kappa shape index (κ2) is 6.44. The molecule has 0 saturated carbocycles. The van der Waals surface area contributed by atoms with Crippen LogP contribution in [0.2, 0.25) is 0 Å². The van der Waals surface area contributed by atoms with Crippen LogP contribution in [-0.4, -0.2) is 15.6 Å². The maximum absolute atomic E-state index is 12.5. The zero-order valence-electron chi connectivity index (χ0n) is 13.4. The van der Waals surface area contributed by atoms with Crippen molar-refractivity contribution in [2.24, 2.45) is 16.0 Å². The van der Waals surface area contributed by atoms with E-state index in [2.05, 4.69) is 15.3 Å². The number of rotatable bonds is 4. The highest BCUT2D eigenvalue weighted by molar-refractivity contribution is 5.95. The Morgan fingerprint density at radius 2 is 1.72 bits per heavy atom. The third kappa shape index (κ3) is 3.32. The summed E-state index contributed by atoms with van der Waals surface area (Å²) in [5.74, 6) is -0.0217. The molecular formula is C17H16N7O. The Morgan fingerprint density at radius 3 is 2.32 bits per heavy atom. The maximum Gasteiger partial charge on any atom is 0.299 e. The van der Waals surface area contributed by atoms with Gasteiger partial charge in [0.05, 0.1) is 22.8 Å². The van der Waals surface area contributed by atoms with Crippen molar-refractivity contribution in [2.75, 3.05) is 0 Å². The van der Waals surface area contributed by atoms with Crippen LogP contribution in [0.1, 0.15) is 11.3 Å².